The average molecular weight is 898 g/mol. The second kappa shape index (κ2) is 16.5. The molecule has 1 aromatic heterocycles. The molecule has 10 aromatic carbocycles. The maximum Gasteiger partial charge on any atom is 0.179 e. The van der Waals surface area contributed by atoms with E-state index in [0.717, 1.165) is 50.4 Å². The molecule has 0 fully saturated rings. The van der Waals surface area contributed by atoms with Gasteiger partial charge in [-0.25, -0.2) is 15.0 Å². The lowest BCUT2D eigenvalue weighted by Gasteiger charge is -2.39. The number of rotatable bonds is 8. The Balaban J connectivity index is 1.03. The lowest BCUT2D eigenvalue weighted by Crippen LogP contribution is -2.74. The molecule has 0 N–H and O–H groups in total. The molecule has 1 aliphatic heterocycles. The van der Waals surface area contributed by atoms with Crippen LogP contribution in [0.1, 0.15) is 22.3 Å². The van der Waals surface area contributed by atoms with Crippen molar-refractivity contribution in [2.75, 3.05) is 0 Å². The molecule has 11 aromatic rings. The Morgan fingerprint density at radius 2 is 0.667 bits per heavy atom. The van der Waals surface area contributed by atoms with E-state index in [4.69, 9.17) is 19.7 Å². The molecule has 2 aliphatic rings. The molecule has 0 saturated carbocycles. The van der Waals surface area contributed by atoms with Gasteiger partial charge < -0.3 is 4.74 Å². The van der Waals surface area contributed by atoms with Crippen LogP contribution >= 0.6 is 0 Å². The molecule has 1 aliphatic carbocycles. The summed E-state index contributed by atoms with van der Waals surface area (Å²) >= 11 is 0. The number of hydrogen-bond donors (Lipinski definition) is 0. The van der Waals surface area contributed by atoms with Crippen LogP contribution in [0.3, 0.4) is 0 Å². The average Bonchev–Trinajstić information content (AvgIpc) is 3.72. The van der Waals surface area contributed by atoms with Crippen LogP contribution < -0.4 is 25.5 Å². The van der Waals surface area contributed by atoms with Crippen LogP contribution in [0, 0.1) is 0 Å². The van der Waals surface area contributed by atoms with Crippen LogP contribution in [-0.4, -0.2) is 23.0 Å². The Morgan fingerprint density at radius 1 is 0.275 bits per heavy atom. The number of nitrogens with zero attached hydrogens (tertiary/aromatic N) is 3. The summed E-state index contributed by atoms with van der Waals surface area (Å²) in [7, 11) is -2.87. The van der Waals surface area contributed by atoms with Gasteiger partial charge in [0.15, 0.2) is 25.5 Å². The van der Waals surface area contributed by atoms with Crippen molar-refractivity contribution in [3.05, 3.63) is 283 Å². The first-order valence-electron chi connectivity index (χ1n) is 23.5. The molecule has 69 heavy (non-hydrogen) atoms. The van der Waals surface area contributed by atoms with Gasteiger partial charge in [-0.2, -0.15) is 0 Å². The standard InChI is InChI=1S/C64H43N3OSi/c1-5-20-44(21-6-1)45-36-38-46(39-37-45)61-65-62(47-22-19-29-52(42-47)69(49-23-7-2-8-24-49,50-25-9-3-10-26-50)51-27-11-4-12-28-51)67-63(66-61)48-40-41-60-58(43-48)64(57-34-17-18-35-59(57)68-60)55-32-15-13-30-53(55)54-31-14-16-33-56(54)64/h1-43H. The number of hydrogen-bond acceptors (Lipinski definition) is 4. The smallest absolute Gasteiger partial charge is 0.179 e. The molecule has 4 nitrogen and oxygen atoms in total. The highest BCUT2D eigenvalue weighted by Crippen LogP contribution is 2.62. The third-order valence-corrected chi connectivity index (χ3v) is 18.9. The van der Waals surface area contributed by atoms with E-state index in [2.05, 4.69) is 255 Å². The highest BCUT2D eigenvalue weighted by atomic mass is 28.3. The third kappa shape index (κ3) is 6.46. The summed E-state index contributed by atoms with van der Waals surface area (Å²) in [4.78, 5) is 16.2. The molecule has 13 rings (SSSR count). The first-order valence-corrected chi connectivity index (χ1v) is 25.5. The van der Waals surface area contributed by atoms with Crippen molar-refractivity contribution in [2.45, 2.75) is 5.41 Å². The zero-order valence-electron chi connectivity index (χ0n) is 37.6. The first-order chi connectivity index (χ1) is 34.2. The van der Waals surface area contributed by atoms with E-state index in [0.29, 0.717) is 17.5 Å². The van der Waals surface area contributed by atoms with Crippen LogP contribution in [-0.2, 0) is 5.41 Å². The Morgan fingerprint density at radius 3 is 1.25 bits per heavy atom. The number of ether oxygens (including phenoxy) is 1. The second-order valence-corrected chi connectivity index (χ2v) is 21.6. The van der Waals surface area contributed by atoms with E-state index < -0.39 is 13.5 Å². The lowest BCUT2D eigenvalue weighted by atomic mass is 9.66. The predicted molar refractivity (Wildman–Crippen MR) is 283 cm³/mol. The molecular formula is C64H43N3OSi. The summed E-state index contributed by atoms with van der Waals surface area (Å²) < 4.78 is 6.82. The first kappa shape index (κ1) is 40.5. The molecule has 0 unspecified atom stereocenters. The molecule has 2 heterocycles. The lowest BCUT2D eigenvalue weighted by molar-refractivity contribution is 0.436. The fourth-order valence-corrected chi connectivity index (χ4v) is 16.0. The van der Waals surface area contributed by atoms with E-state index >= 15 is 0 Å². The number of para-hydroxylation sites is 1. The molecular weight excluding hydrogens is 855 g/mol. The van der Waals surface area contributed by atoms with Crippen LogP contribution in [0.4, 0.5) is 0 Å². The third-order valence-electron chi connectivity index (χ3n) is 14.2. The molecule has 0 bridgehead atoms. The summed E-state index contributed by atoms with van der Waals surface area (Å²) in [5, 5.41) is 5.15. The van der Waals surface area contributed by atoms with Gasteiger partial charge in [0.05, 0.1) is 5.41 Å². The summed E-state index contributed by atoms with van der Waals surface area (Å²) in [6, 6.07) is 93.6. The van der Waals surface area contributed by atoms with Gasteiger partial charge in [0.1, 0.15) is 11.5 Å². The maximum absolute atomic E-state index is 6.82. The monoisotopic (exact) mass is 897 g/mol. The highest BCUT2D eigenvalue weighted by molar-refractivity contribution is 7.19. The zero-order valence-corrected chi connectivity index (χ0v) is 38.6. The Labute approximate surface area is 403 Å². The van der Waals surface area contributed by atoms with Crippen LogP contribution in [0.25, 0.3) is 56.4 Å². The largest absolute Gasteiger partial charge is 0.457 e. The number of aromatic nitrogens is 3. The fourth-order valence-electron chi connectivity index (χ4n) is 11.2. The number of fused-ring (bicyclic) bond motifs is 9. The maximum atomic E-state index is 6.82. The Bertz CT molecular complexity index is 3550. The van der Waals surface area contributed by atoms with Crippen molar-refractivity contribution in [3.8, 4) is 67.9 Å². The van der Waals surface area contributed by atoms with Gasteiger partial charge in [0.25, 0.3) is 0 Å². The van der Waals surface area contributed by atoms with Gasteiger partial charge in [-0.05, 0) is 78.4 Å². The molecule has 0 saturated heterocycles. The van der Waals surface area contributed by atoms with Crippen molar-refractivity contribution in [3.63, 3.8) is 0 Å². The van der Waals surface area contributed by atoms with Crippen molar-refractivity contribution in [1.82, 2.24) is 15.0 Å². The van der Waals surface area contributed by atoms with Crippen molar-refractivity contribution in [1.29, 1.82) is 0 Å². The second-order valence-electron chi connectivity index (χ2n) is 17.8. The Kier molecular flexibility index (Phi) is 9.70. The summed E-state index contributed by atoms with van der Waals surface area (Å²) in [5.74, 6) is 3.46. The van der Waals surface area contributed by atoms with Crippen molar-refractivity contribution < 1.29 is 4.74 Å². The minimum Gasteiger partial charge on any atom is -0.457 e. The quantitative estimate of drug-likeness (QED) is 0.113. The minimum absolute atomic E-state index is 0.585. The van der Waals surface area contributed by atoms with Crippen LogP contribution in [0.2, 0.25) is 0 Å². The Hall–Kier alpha value is -8.77. The van der Waals surface area contributed by atoms with Gasteiger partial charge >= 0.3 is 0 Å². The summed E-state index contributed by atoms with van der Waals surface area (Å²) in [6.45, 7) is 0. The summed E-state index contributed by atoms with van der Waals surface area (Å²) in [6.07, 6.45) is 0. The van der Waals surface area contributed by atoms with Crippen LogP contribution in [0.5, 0.6) is 11.5 Å². The predicted octanol–water partition coefficient (Wildman–Crippen LogP) is 12.4. The van der Waals surface area contributed by atoms with Gasteiger partial charge in [0, 0.05) is 27.8 Å². The molecule has 0 amide bonds. The van der Waals surface area contributed by atoms with E-state index in [1.54, 1.807) is 0 Å². The van der Waals surface area contributed by atoms with Crippen molar-refractivity contribution >= 4 is 28.8 Å². The highest BCUT2D eigenvalue weighted by Gasteiger charge is 2.51. The fraction of sp³-hybridized carbons (Fsp3) is 0.0156. The van der Waals surface area contributed by atoms with Gasteiger partial charge in [0.2, 0.25) is 0 Å². The molecule has 324 valence electrons. The summed E-state index contributed by atoms with van der Waals surface area (Å²) in [5.41, 5.74) is 11.4. The van der Waals surface area contributed by atoms with Crippen LogP contribution in [0.15, 0.2) is 261 Å². The number of benzene rings is 10. The topological polar surface area (TPSA) is 47.9 Å². The van der Waals surface area contributed by atoms with E-state index in [-0.39, 0.29) is 0 Å². The van der Waals surface area contributed by atoms with Crippen molar-refractivity contribution in [2.24, 2.45) is 0 Å². The molecule has 1 spiro atoms. The SMILES string of the molecule is c1ccc(-c2ccc(-c3nc(-c4cccc([Si](c5ccccc5)(c5ccccc5)c5ccccc5)c4)nc(-c4ccc5c(c4)C4(c6ccccc6O5)c5ccccc5-c5ccccc54)n3)cc2)cc1. The molecule has 0 atom stereocenters. The minimum atomic E-state index is -2.87. The van der Waals surface area contributed by atoms with Gasteiger partial charge in [-0.15, -0.1) is 0 Å². The van der Waals surface area contributed by atoms with E-state index in [1.807, 2.05) is 6.07 Å². The molecule has 0 radical (unpaired) electrons. The van der Waals surface area contributed by atoms with Gasteiger partial charge in [-0.3, -0.25) is 0 Å². The zero-order chi connectivity index (χ0) is 45.8. The van der Waals surface area contributed by atoms with Gasteiger partial charge in [-0.1, -0.05) is 237 Å². The molecule has 5 heteroatoms. The van der Waals surface area contributed by atoms with E-state index in [9.17, 15) is 0 Å². The normalized spacial score (nSPS) is 12.9. The van der Waals surface area contributed by atoms with E-state index in [1.165, 1.54) is 43.0 Å².